The summed E-state index contributed by atoms with van der Waals surface area (Å²) in [5, 5.41) is 0. The maximum atomic E-state index is 5.65. The first-order chi connectivity index (χ1) is 6.74. The molecule has 74 valence electrons. The second-order valence-electron chi connectivity index (χ2n) is 3.54. The normalized spacial score (nSPS) is 18.6. The van der Waals surface area contributed by atoms with Gasteiger partial charge in [0.2, 0.25) is 0 Å². The smallest absolute Gasteiger partial charge is 0.126 e. The number of rotatable bonds is 2. The van der Waals surface area contributed by atoms with Crippen molar-refractivity contribution in [1.29, 1.82) is 0 Å². The molecule has 0 amide bonds. The molecule has 0 aliphatic carbocycles. The second kappa shape index (κ2) is 3.37. The molecule has 1 atom stereocenters. The number of benzene rings is 1. The molecular weight excluding hydrogens is 176 g/mol. The van der Waals surface area contributed by atoms with Gasteiger partial charge in [0, 0.05) is 17.5 Å². The molecule has 1 aliphatic rings. The van der Waals surface area contributed by atoms with E-state index < -0.39 is 0 Å². The van der Waals surface area contributed by atoms with Gasteiger partial charge in [-0.15, -0.1) is 0 Å². The minimum atomic E-state index is 0.273. The summed E-state index contributed by atoms with van der Waals surface area (Å²) in [5.41, 5.74) is 2.21. The van der Waals surface area contributed by atoms with E-state index in [-0.39, 0.29) is 6.10 Å². The van der Waals surface area contributed by atoms with Crippen LogP contribution in [-0.4, -0.2) is 13.2 Å². The Bertz CT molecular complexity index is 369. The van der Waals surface area contributed by atoms with Crippen molar-refractivity contribution in [1.82, 2.24) is 0 Å². The highest BCUT2D eigenvalue weighted by Crippen LogP contribution is 2.35. The van der Waals surface area contributed by atoms with Gasteiger partial charge in [0.1, 0.15) is 17.6 Å². The van der Waals surface area contributed by atoms with Gasteiger partial charge < -0.3 is 9.47 Å². The Kier molecular flexibility index (Phi) is 2.20. The average Bonchev–Trinajstić information content (AvgIpc) is 2.54. The average molecular weight is 190 g/mol. The molecule has 1 aromatic rings. The minimum absolute atomic E-state index is 0.273. The molecule has 0 bridgehead atoms. The first-order valence-electron chi connectivity index (χ1n) is 4.74. The third-order valence-electron chi connectivity index (χ3n) is 2.47. The van der Waals surface area contributed by atoms with Gasteiger partial charge in [0.25, 0.3) is 0 Å². The lowest BCUT2D eigenvalue weighted by Crippen LogP contribution is -2.05. The lowest BCUT2D eigenvalue weighted by atomic mass is 10.1. The molecule has 2 rings (SSSR count). The summed E-state index contributed by atoms with van der Waals surface area (Å²) in [5.74, 6) is 1.84. The molecule has 1 unspecified atom stereocenters. The van der Waals surface area contributed by atoms with Crippen molar-refractivity contribution in [3.63, 3.8) is 0 Å². The number of methoxy groups -OCH3 is 1. The summed E-state index contributed by atoms with van der Waals surface area (Å²) < 4.78 is 10.9. The number of fused-ring (bicyclic) bond motifs is 1. The first kappa shape index (κ1) is 9.13. The maximum absolute atomic E-state index is 5.65. The van der Waals surface area contributed by atoms with E-state index in [9.17, 15) is 0 Å². The molecule has 0 radical (unpaired) electrons. The van der Waals surface area contributed by atoms with E-state index in [1.54, 1.807) is 13.2 Å². The molecule has 2 nitrogen and oxygen atoms in total. The standard InChI is InChI=1S/C12H14O2/c1-4-9-6-12-10(5-8(2)14-12)7-11(9)13-3/h4,6-8H,1,5H2,2-3H3. The Labute approximate surface area is 84.2 Å². The summed E-state index contributed by atoms with van der Waals surface area (Å²) in [6.45, 7) is 5.82. The van der Waals surface area contributed by atoms with Crippen LogP contribution < -0.4 is 9.47 Å². The van der Waals surface area contributed by atoms with E-state index in [1.807, 2.05) is 12.1 Å². The fourth-order valence-corrected chi connectivity index (χ4v) is 1.79. The molecule has 1 aliphatic heterocycles. The van der Waals surface area contributed by atoms with Crippen LogP contribution in [0.25, 0.3) is 6.08 Å². The van der Waals surface area contributed by atoms with Crippen molar-refractivity contribution in [2.75, 3.05) is 7.11 Å². The highest BCUT2D eigenvalue weighted by molar-refractivity contribution is 5.61. The third-order valence-corrected chi connectivity index (χ3v) is 2.47. The van der Waals surface area contributed by atoms with Crippen molar-refractivity contribution in [3.8, 4) is 11.5 Å². The van der Waals surface area contributed by atoms with Crippen LogP contribution in [-0.2, 0) is 6.42 Å². The van der Waals surface area contributed by atoms with E-state index in [0.29, 0.717) is 0 Å². The Hall–Kier alpha value is -1.44. The molecular formula is C12H14O2. The molecule has 14 heavy (non-hydrogen) atoms. The number of hydrogen-bond acceptors (Lipinski definition) is 2. The first-order valence-corrected chi connectivity index (χ1v) is 4.74. The van der Waals surface area contributed by atoms with Crippen molar-refractivity contribution in [2.45, 2.75) is 19.4 Å². The zero-order valence-electron chi connectivity index (χ0n) is 8.54. The third kappa shape index (κ3) is 1.37. The maximum Gasteiger partial charge on any atom is 0.126 e. The summed E-state index contributed by atoms with van der Waals surface area (Å²) in [6.07, 6.45) is 3.02. The Balaban J connectivity index is 2.48. The topological polar surface area (TPSA) is 18.5 Å². The van der Waals surface area contributed by atoms with Gasteiger partial charge in [0.05, 0.1) is 7.11 Å². The van der Waals surface area contributed by atoms with E-state index in [1.165, 1.54) is 5.56 Å². The van der Waals surface area contributed by atoms with Crippen molar-refractivity contribution >= 4 is 6.08 Å². The molecule has 0 fully saturated rings. The molecule has 0 aromatic heterocycles. The van der Waals surface area contributed by atoms with Crippen LogP contribution in [0.4, 0.5) is 0 Å². The molecule has 0 N–H and O–H groups in total. The van der Waals surface area contributed by atoms with Crippen LogP contribution in [0.3, 0.4) is 0 Å². The van der Waals surface area contributed by atoms with Gasteiger partial charge in [0.15, 0.2) is 0 Å². The van der Waals surface area contributed by atoms with Crippen molar-refractivity contribution < 1.29 is 9.47 Å². The van der Waals surface area contributed by atoms with Gasteiger partial charge in [-0.25, -0.2) is 0 Å². The van der Waals surface area contributed by atoms with Crippen LogP contribution in [0, 0.1) is 0 Å². The second-order valence-corrected chi connectivity index (χ2v) is 3.54. The summed E-state index contributed by atoms with van der Waals surface area (Å²) >= 11 is 0. The van der Waals surface area contributed by atoms with E-state index in [4.69, 9.17) is 9.47 Å². The van der Waals surface area contributed by atoms with Gasteiger partial charge in [-0.3, -0.25) is 0 Å². The van der Waals surface area contributed by atoms with E-state index in [2.05, 4.69) is 13.5 Å². The zero-order valence-corrected chi connectivity index (χ0v) is 8.54. The Morgan fingerprint density at radius 2 is 2.36 bits per heavy atom. The summed E-state index contributed by atoms with van der Waals surface area (Å²) in [6, 6.07) is 4.03. The highest BCUT2D eigenvalue weighted by Gasteiger charge is 2.20. The molecule has 1 heterocycles. The minimum Gasteiger partial charge on any atom is -0.496 e. The molecule has 1 aromatic carbocycles. The zero-order chi connectivity index (χ0) is 10.1. The molecule has 0 saturated heterocycles. The highest BCUT2D eigenvalue weighted by atomic mass is 16.5. The van der Waals surface area contributed by atoms with Crippen molar-refractivity contribution in [2.24, 2.45) is 0 Å². The van der Waals surface area contributed by atoms with Gasteiger partial charge in [-0.1, -0.05) is 12.7 Å². The lowest BCUT2D eigenvalue weighted by Gasteiger charge is -2.07. The van der Waals surface area contributed by atoms with E-state index >= 15 is 0 Å². The Morgan fingerprint density at radius 3 is 3.00 bits per heavy atom. The largest absolute Gasteiger partial charge is 0.496 e. The van der Waals surface area contributed by atoms with Crippen LogP contribution in [0.15, 0.2) is 18.7 Å². The lowest BCUT2D eigenvalue weighted by molar-refractivity contribution is 0.254. The van der Waals surface area contributed by atoms with Gasteiger partial charge in [-0.05, 0) is 19.1 Å². The number of ether oxygens (including phenoxy) is 2. The summed E-state index contributed by atoms with van der Waals surface area (Å²) in [4.78, 5) is 0. The predicted octanol–water partition coefficient (Wildman–Crippen LogP) is 2.66. The van der Waals surface area contributed by atoms with Gasteiger partial charge >= 0.3 is 0 Å². The Morgan fingerprint density at radius 1 is 1.57 bits per heavy atom. The summed E-state index contributed by atoms with van der Waals surface area (Å²) in [7, 11) is 1.67. The van der Waals surface area contributed by atoms with Crippen LogP contribution >= 0.6 is 0 Å². The monoisotopic (exact) mass is 190 g/mol. The molecule has 0 saturated carbocycles. The number of hydrogen-bond donors (Lipinski definition) is 0. The SMILES string of the molecule is C=Cc1cc2c(cc1OC)CC(C)O2. The van der Waals surface area contributed by atoms with Gasteiger partial charge in [-0.2, -0.15) is 0 Å². The van der Waals surface area contributed by atoms with E-state index in [0.717, 1.165) is 23.5 Å². The predicted molar refractivity (Wildman–Crippen MR) is 56.9 cm³/mol. The van der Waals surface area contributed by atoms with Crippen LogP contribution in [0.5, 0.6) is 11.5 Å². The molecule has 2 heteroatoms. The fourth-order valence-electron chi connectivity index (χ4n) is 1.79. The van der Waals surface area contributed by atoms with Crippen molar-refractivity contribution in [3.05, 3.63) is 29.8 Å². The van der Waals surface area contributed by atoms with Crippen LogP contribution in [0.2, 0.25) is 0 Å². The van der Waals surface area contributed by atoms with Crippen LogP contribution in [0.1, 0.15) is 18.1 Å². The quantitative estimate of drug-likeness (QED) is 0.713. The fraction of sp³-hybridized carbons (Fsp3) is 0.333. The molecule has 0 spiro atoms.